The van der Waals surface area contributed by atoms with E-state index < -0.39 is 15.7 Å². The smallest absolute Gasteiger partial charge is 0.253 e. The van der Waals surface area contributed by atoms with Gasteiger partial charge in [0.2, 0.25) is 0 Å². The molecule has 0 radical (unpaired) electrons. The van der Waals surface area contributed by atoms with Gasteiger partial charge in [-0.05, 0) is 36.1 Å². The minimum Gasteiger partial charge on any atom is -0.253 e. The van der Waals surface area contributed by atoms with E-state index in [0.717, 1.165) is 11.1 Å². The van der Waals surface area contributed by atoms with Crippen LogP contribution in [0.1, 0.15) is 22.3 Å². The fourth-order valence-corrected chi connectivity index (χ4v) is 2.34. The first-order valence-electron chi connectivity index (χ1n) is 6.58. The maximum Gasteiger partial charge on any atom is 0.567 e. The van der Waals surface area contributed by atoms with E-state index in [-0.39, 0.29) is 5.57 Å². The molecule has 0 fully saturated rings. The Balaban J connectivity index is 2.91. The van der Waals surface area contributed by atoms with Crippen LogP contribution in [-0.4, -0.2) is 9.85 Å². The molecule has 0 unspecified atom stereocenters. The number of benzene rings is 2. The first-order valence-corrected chi connectivity index (χ1v) is 6.58. The van der Waals surface area contributed by atoms with Gasteiger partial charge >= 0.3 is 5.82 Å². The van der Waals surface area contributed by atoms with Crippen molar-refractivity contribution in [3.63, 3.8) is 0 Å². The molecule has 6 heteroatoms. The highest BCUT2D eigenvalue weighted by molar-refractivity contribution is 5.83. The number of aryl methyl sites for hydroxylation is 2. The van der Waals surface area contributed by atoms with Gasteiger partial charge in [-0.3, -0.25) is 20.2 Å². The Morgan fingerprint density at radius 3 is 1.45 bits per heavy atom. The monoisotopic (exact) mass is 298 g/mol. The predicted molar refractivity (Wildman–Crippen MR) is 82.4 cm³/mol. The maximum atomic E-state index is 11.3. The molecule has 0 aromatic heterocycles. The molecule has 0 aliphatic heterocycles. The van der Waals surface area contributed by atoms with E-state index in [1.165, 1.54) is 0 Å². The molecule has 0 saturated carbocycles. The molecule has 2 aromatic carbocycles. The summed E-state index contributed by atoms with van der Waals surface area (Å²) in [4.78, 5) is 20.6. The highest BCUT2D eigenvalue weighted by atomic mass is 16.7. The van der Waals surface area contributed by atoms with Crippen molar-refractivity contribution in [2.45, 2.75) is 13.8 Å². The summed E-state index contributed by atoms with van der Waals surface area (Å²) in [6, 6.07) is 13.8. The molecule has 112 valence electrons. The molecule has 0 saturated heterocycles. The Bertz CT molecular complexity index is 718. The van der Waals surface area contributed by atoms with Crippen molar-refractivity contribution in [3.8, 4) is 0 Å². The van der Waals surface area contributed by atoms with Crippen molar-refractivity contribution >= 4 is 5.57 Å². The van der Waals surface area contributed by atoms with Crippen LogP contribution < -0.4 is 0 Å². The standard InChI is InChI=1S/C16H14N2O4/c1-11-7-3-5-9-13(11)15(16(17(19)20)18(21)22)14-10-6-4-8-12(14)2/h3-10H,1-2H3. The minimum absolute atomic E-state index is 0.0335. The van der Waals surface area contributed by atoms with Gasteiger partial charge < -0.3 is 0 Å². The molecular formula is C16H14N2O4. The second kappa shape index (κ2) is 6.17. The average Bonchev–Trinajstić information content (AvgIpc) is 2.45. The molecule has 6 nitrogen and oxygen atoms in total. The van der Waals surface area contributed by atoms with Crippen molar-refractivity contribution in [1.82, 2.24) is 0 Å². The topological polar surface area (TPSA) is 86.3 Å². The van der Waals surface area contributed by atoms with Gasteiger partial charge in [-0.1, -0.05) is 48.5 Å². The molecule has 0 aliphatic rings. The summed E-state index contributed by atoms with van der Waals surface area (Å²) in [5, 5.41) is 22.5. The zero-order chi connectivity index (χ0) is 16.3. The van der Waals surface area contributed by atoms with Crippen molar-refractivity contribution in [2.24, 2.45) is 0 Å². The van der Waals surface area contributed by atoms with Crippen LogP contribution in [0.15, 0.2) is 54.4 Å². The van der Waals surface area contributed by atoms with Crippen LogP contribution in [0.5, 0.6) is 0 Å². The van der Waals surface area contributed by atoms with E-state index in [0.29, 0.717) is 11.1 Å². The fourth-order valence-electron chi connectivity index (χ4n) is 2.34. The normalized spacial score (nSPS) is 10.1. The van der Waals surface area contributed by atoms with E-state index >= 15 is 0 Å². The zero-order valence-corrected chi connectivity index (χ0v) is 12.1. The zero-order valence-electron chi connectivity index (χ0n) is 12.1. The molecule has 0 bridgehead atoms. The van der Waals surface area contributed by atoms with Crippen LogP contribution >= 0.6 is 0 Å². The van der Waals surface area contributed by atoms with E-state index in [2.05, 4.69) is 0 Å². The van der Waals surface area contributed by atoms with Crippen LogP contribution in [0.4, 0.5) is 0 Å². The summed E-state index contributed by atoms with van der Waals surface area (Å²) in [5.74, 6) is -1.01. The summed E-state index contributed by atoms with van der Waals surface area (Å²) in [6.45, 7) is 3.54. The molecule has 0 atom stereocenters. The largest absolute Gasteiger partial charge is 0.567 e. The Kier molecular flexibility index (Phi) is 4.31. The van der Waals surface area contributed by atoms with Crippen LogP contribution in [0.25, 0.3) is 5.57 Å². The summed E-state index contributed by atoms with van der Waals surface area (Å²) >= 11 is 0. The van der Waals surface area contributed by atoms with E-state index in [9.17, 15) is 20.2 Å². The quantitative estimate of drug-likeness (QED) is 0.637. The lowest BCUT2D eigenvalue weighted by atomic mass is 9.91. The summed E-state index contributed by atoms with van der Waals surface area (Å²) in [7, 11) is 0. The minimum atomic E-state index is -1.01. The van der Waals surface area contributed by atoms with Crippen LogP contribution in [0.3, 0.4) is 0 Å². The lowest BCUT2D eigenvalue weighted by molar-refractivity contribution is -0.614. The van der Waals surface area contributed by atoms with E-state index in [1.807, 2.05) is 0 Å². The Morgan fingerprint density at radius 2 is 1.14 bits per heavy atom. The first-order chi connectivity index (χ1) is 10.4. The molecule has 0 N–H and O–H groups in total. The van der Waals surface area contributed by atoms with E-state index in [1.54, 1.807) is 62.4 Å². The molecule has 2 aromatic rings. The second-order valence-corrected chi connectivity index (χ2v) is 4.84. The highest BCUT2D eigenvalue weighted by Gasteiger charge is 2.35. The summed E-state index contributed by atoms with van der Waals surface area (Å²) < 4.78 is 0. The molecule has 0 amide bonds. The number of hydrogen-bond donors (Lipinski definition) is 0. The van der Waals surface area contributed by atoms with Crippen LogP contribution in [0.2, 0.25) is 0 Å². The molecule has 0 aliphatic carbocycles. The third-order valence-corrected chi connectivity index (χ3v) is 3.40. The summed E-state index contributed by atoms with van der Waals surface area (Å²) in [6.07, 6.45) is 0. The lowest BCUT2D eigenvalue weighted by Crippen LogP contribution is -2.14. The Hall–Kier alpha value is -3.02. The SMILES string of the molecule is Cc1ccccc1C(=C([N+](=O)[O-])[N+](=O)[O-])c1ccccc1C. The first kappa shape index (κ1) is 15.4. The van der Waals surface area contributed by atoms with Gasteiger partial charge in [0, 0.05) is 0 Å². The van der Waals surface area contributed by atoms with Crippen molar-refractivity contribution in [3.05, 3.63) is 96.8 Å². The number of nitrogens with zero attached hydrogens (tertiary/aromatic N) is 2. The van der Waals surface area contributed by atoms with Gasteiger partial charge in [0.05, 0.1) is 0 Å². The molecule has 2 rings (SSSR count). The third-order valence-electron chi connectivity index (χ3n) is 3.40. The van der Waals surface area contributed by atoms with Gasteiger partial charge in [0.1, 0.15) is 15.4 Å². The number of rotatable bonds is 4. The van der Waals surface area contributed by atoms with Crippen LogP contribution in [0, 0.1) is 34.1 Å². The van der Waals surface area contributed by atoms with Gasteiger partial charge in [0.25, 0.3) is 0 Å². The number of nitro groups is 2. The van der Waals surface area contributed by atoms with E-state index in [4.69, 9.17) is 0 Å². The second-order valence-electron chi connectivity index (χ2n) is 4.84. The van der Waals surface area contributed by atoms with Gasteiger partial charge in [-0.2, -0.15) is 0 Å². The van der Waals surface area contributed by atoms with Crippen molar-refractivity contribution in [2.75, 3.05) is 0 Å². The average molecular weight is 298 g/mol. The molecule has 0 heterocycles. The predicted octanol–water partition coefficient (Wildman–Crippen LogP) is 3.57. The fraction of sp³-hybridized carbons (Fsp3) is 0.125. The molecule has 0 spiro atoms. The van der Waals surface area contributed by atoms with Crippen molar-refractivity contribution < 1.29 is 9.85 Å². The Labute approximate surface area is 127 Å². The lowest BCUT2D eigenvalue weighted by Gasteiger charge is -2.10. The number of hydrogen-bond acceptors (Lipinski definition) is 4. The molecule has 22 heavy (non-hydrogen) atoms. The third kappa shape index (κ3) is 2.85. The molecular weight excluding hydrogens is 284 g/mol. The Morgan fingerprint density at radius 1 is 0.773 bits per heavy atom. The van der Waals surface area contributed by atoms with Crippen LogP contribution in [-0.2, 0) is 0 Å². The maximum absolute atomic E-state index is 11.3. The van der Waals surface area contributed by atoms with Gasteiger partial charge in [-0.25, -0.2) is 0 Å². The highest BCUT2D eigenvalue weighted by Crippen LogP contribution is 2.31. The van der Waals surface area contributed by atoms with Gasteiger partial charge in [0.15, 0.2) is 0 Å². The van der Waals surface area contributed by atoms with Crippen molar-refractivity contribution in [1.29, 1.82) is 0 Å². The summed E-state index contributed by atoms with van der Waals surface area (Å²) in [5.41, 5.74) is 2.48. The van der Waals surface area contributed by atoms with Gasteiger partial charge in [-0.15, -0.1) is 0 Å².